The molecule has 2 aromatic heterocycles. The average Bonchev–Trinajstić information content (AvgIpc) is 3.45. The Morgan fingerprint density at radius 3 is 2.56 bits per heavy atom. The zero-order valence-electron chi connectivity index (χ0n) is 18.3. The normalized spacial score (nSPS) is 17.6. The highest BCUT2D eigenvalue weighted by atomic mass is 16.3. The fraction of sp³-hybridized carbons (Fsp3) is 0.545. The number of carbonyl (C=O) groups excluding carboxylic acids is 2. The molecule has 10 heteroatoms. The van der Waals surface area contributed by atoms with Gasteiger partial charge in [-0.1, -0.05) is 13.8 Å². The average molecular weight is 444 g/mol. The number of aromatic hydroxyl groups is 1. The second kappa shape index (κ2) is 8.78. The minimum atomic E-state index is -0.607. The third kappa shape index (κ3) is 4.40. The molecule has 1 saturated carbocycles. The van der Waals surface area contributed by atoms with Gasteiger partial charge in [-0.05, 0) is 37.7 Å². The van der Waals surface area contributed by atoms with Crippen molar-refractivity contribution in [1.82, 2.24) is 24.4 Å². The molecule has 0 bridgehead atoms. The van der Waals surface area contributed by atoms with E-state index in [2.05, 4.69) is 10.4 Å². The van der Waals surface area contributed by atoms with E-state index in [4.69, 9.17) is 0 Å². The zero-order valence-corrected chi connectivity index (χ0v) is 18.3. The number of piperidine rings is 1. The number of aromatic nitrogens is 3. The van der Waals surface area contributed by atoms with Crippen molar-refractivity contribution in [3.63, 3.8) is 0 Å². The molecule has 3 N–H and O–H groups in total. The van der Waals surface area contributed by atoms with Crippen LogP contribution < -0.4 is 10.9 Å². The van der Waals surface area contributed by atoms with Crippen molar-refractivity contribution in [3.8, 4) is 5.88 Å². The Balaban J connectivity index is 1.72. The molecule has 2 amide bonds. The molecule has 0 radical (unpaired) electrons. The predicted octanol–water partition coefficient (Wildman–Crippen LogP) is 0.746. The van der Waals surface area contributed by atoms with Crippen LogP contribution in [0.4, 0.5) is 0 Å². The van der Waals surface area contributed by atoms with Crippen LogP contribution in [0.25, 0.3) is 11.7 Å². The first-order valence-corrected chi connectivity index (χ1v) is 11.1. The number of fused-ring (bicyclic) bond motifs is 1. The lowest BCUT2D eigenvalue weighted by molar-refractivity contribution is -0.127. The summed E-state index contributed by atoms with van der Waals surface area (Å²) < 4.78 is 2.60. The van der Waals surface area contributed by atoms with E-state index in [1.807, 2.05) is 13.8 Å². The van der Waals surface area contributed by atoms with Gasteiger partial charge in [-0.2, -0.15) is 9.61 Å². The summed E-state index contributed by atoms with van der Waals surface area (Å²) >= 11 is 0. The van der Waals surface area contributed by atoms with Crippen molar-refractivity contribution in [3.05, 3.63) is 33.8 Å². The van der Waals surface area contributed by atoms with Crippen molar-refractivity contribution in [2.45, 2.75) is 58.2 Å². The molecule has 32 heavy (non-hydrogen) atoms. The van der Waals surface area contributed by atoms with Gasteiger partial charge in [0, 0.05) is 37.3 Å². The van der Waals surface area contributed by atoms with Crippen molar-refractivity contribution in [2.75, 3.05) is 13.1 Å². The molecule has 2 aliphatic rings. The van der Waals surface area contributed by atoms with E-state index in [0.29, 0.717) is 43.7 Å². The molecule has 2 aromatic rings. The molecule has 172 valence electrons. The summed E-state index contributed by atoms with van der Waals surface area (Å²) in [6, 6.07) is 0.0357. The molecule has 10 nitrogen and oxygen atoms in total. The lowest BCUT2D eigenvalue weighted by atomic mass is 10.1. The summed E-state index contributed by atoms with van der Waals surface area (Å²) in [5, 5.41) is 27.3. The largest absolute Gasteiger partial charge is 0.492 e. The van der Waals surface area contributed by atoms with Crippen molar-refractivity contribution < 1.29 is 19.8 Å². The number of rotatable bonds is 6. The van der Waals surface area contributed by atoms with Gasteiger partial charge in [0.25, 0.3) is 11.5 Å². The van der Waals surface area contributed by atoms with Crippen LogP contribution in [0.5, 0.6) is 5.88 Å². The molecule has 2 fully saturated rings. The smallest absolute Gasteiger partial charge is 0.270 e. The Bertz CT molecular complexity index is 1120. The molecule has 3 heterocycles. The third-order valence-electron chi connectivity index (χ3n) is 5.78. The zero-order chi connectivity index (χ0) is 23.0. The van der Waals surface area contributed by atoms with Crippen molar-refractivity contribution >= 4 is 23.5 Å². The van der Waals surface area contributed by atoms with E-state index < -0.39 is 17.3 Å². The van der Waals surface area contributed by atoms with Crippen LogP contribution in [-0.4, -0.2) is 66.3 Å². The summed E-state index contributed by atoms with van der Waals surface area (Å²) in [4.78, 5) is 40.1. The Labute approximate surface area is 185 Å². The first-order valence-electron chi connectivity index (χ1n) is 11.1. The first kappa shape index (κ1) is 22.1. The quantitative estimate of drug-likeness (QED) is 0.565. The fourth-order valence-electron chi connectivity index (χ4n) is 3.90. The van der Waals surface area contributed by atoms with Crippen molar-refractivity contribution in [1.29, 1.82) is 0 Å². The van der Waals surface area contributed by atoms with Gasteiger partial charge in [-0.3, -0.25) is 19.0 Å². The first-order chi connectivity index (χ1) is 15.3. The van der Waals surface area contributed by atoms with Crippen LogP contribution >= 0.6 is 0 Å². The molecule has 4 rings (SSSR count). The topological polar surface area (TPSA) is 129 Å². The molecule has 0 spiro atoms. The standard InChI is InChI=1S/C22H29N5O5/c1-13(2)12-26-20-14(3-6-17(29)25-9-7-16(28)8-10-25)11-23-27(20)22(32)18(21(26)31)19(30)24-15-4-5-15/h3,6,11,13,15-16,28,32H,4-5,7-10,12H2,1-2H3,(H,24,30)/b6-3+. The van der Waals surface area contributed by atoms with Crippen LogP contribution in [-0.2, 0) is 11.3 Å². The number of aliphatic hydroxyl groups is 1. The van der Waals surface area contributed by atoms with Gasteiger partial charge < -0.3 is 20.4 Å². The highest BCUT2D eigenvalue weighted by molar-refractivity contribution is 5.97. The number of carbonyl (C=O) groups is 2. The second-order valence-electron chi connectivity index (χ2n) is 8.98. The maximum Gasteiger partial charge on any atom is 0.270 e. The molecular weight excluding hydrogens is 414 g/mol. The summed E-state index contributed by atoms with van der Waals surface area (Å²) in [7, 11) is 0. The SMILES string of the molecule is CC(C)Cn1c(=O)c(C(=O)NC2CC2)c(O)n2ncc(/C=C/C(=O)N3CCC(O)CC3)c12. The van der Waals surface area contributed by atoms with E-state index in [9.17, 15) is 24.6 Å². The Morgan fingerprint density at radius 1 is 1.25 bits per heavy atom. The van der Waals surface area contributed by atoms with E-state index in [0.717, 1.165) is 12.8 Å². The summed E-state index contributed by atoms with van der Waals surface area (Å²) in [5.74, 6) is -1.23. The van der Waals surface area contributed by atoms with E-state index >= 15 is 0 Å². The minimum Gasteiger partial charge on any atom is -0.492 e. The molecule has 1 aliphatic carbocycles. The summed E-state index contributed by atoms with van der Waals surface area (Å²) in [6.45, 7) is 5.17. The highest BCUT2D eigenvalue weighted by Crippen LogP contribution is 2.23. The highest BCUT2D eigenvalue weighted by Gasteiger charge is 2.30. The van der Waals surface area contributed by atoms with Crippen LogP contribution in [0.2, 0.25) is 0 Å². The molecule has 0 atom stereocenters. The molecular formula is C22H29N5O5. The predicted molar refractivity (Wildman–Crippen MR) is 117 cm³/mol. The maximum atomic E-state index is 13.2. The number of nitrogens with zero attached hydrogens (tertiary/aromatic N) is 4. The lowest BCUT2D eigenvalue weighted by Crippen LogP contribution is -2.39. The van der Waals surface area contributed by atoms with Crippen molar-refractivity contribution in [2.24, 2.45) is 5.92 Å². The van der Waals surface area contributed by atoms with Crippen LogP contribution in [0.15, 0.2) is 17.1 Å². The number of hydrogen-bond acceptors (Lipinski definition) is 6. The van der Waals surface area contributed by atoms with Gasteiger partial charge in [0.1, 0.15) is 5.65 Å². The van der Waals surface area contributed by atoms with Crippen LogP contribution in [0.3, 0.4) is 0 Å². The molecule has 0 aromatic carbocycles. The van der Waals surface area contributed by atoms with Crippen LogP contribution in [0.1, 0.15) is 55.5 Å². The monoisotopic (exact) mass is 443 g/mol. The third-order valence-corrected chi connectivity index (χ3v) is 5.78. The van der Waals surface area contributed by atoms with Gasteiger partial charge >= 0.3 is 0 Å². The Kier molecular flexibility index (Phi) is 6.05. The van der Waals surface area contributed by atoms with Gasteiger partial charge in [0.05, 0.1) is 12.3 Å². The Morgan fingerprint density at radius 2 is 1.94 bits per heavy atom. The number of nitrogens with one attached hydrogen (secondary N) is 1. The minimum absolute atomic E-state index is 0.0357. The summed E-state index contributed by atoms with van der Waals surface area (Å²) in [6.07, 6.45) is 6.86. The van der Waals surface area contributed by atoms with Gasteiger partial charge in [-0.15, -0.1) is 0 Å². The number of aliphatic hydroxyl groups excluding tert-OH is 1. The fourth-order valence-corrected chi connectivity index (χ4v) is 3.90. The van der Waals surface area contributed by atoms with E-state index in [1.165, 1.54) is 21.4 Å². The second-order valence-corrected chi connectivity index (χ2v) is 8.98. The number of hydrogen-bond donors (Lipinski definition) is 3. The van der Waals surface area contributed by atoms with E-state index in [-0.39, 0.29) is 29.5 Å². The van der Waals surface area contributed by atoms with E-state index in [1.54, 1.807) is 11.0 Å². The van der Waals surface area contributed by atoms with Gasteiger partial charge in [0.2, 0.25) is 11.8 Å². The lowest BCUT2D eigenvalue weighted by Gasteiger charge is -2.28. The van der Waals surface area contributed by atoms with Gasteiger partial charge in [0.15, 0.2) is 5.56 Å². The molecule has 1 saturated heterocycles. The Hall–Kier alpha value is -3.14. The molecule has 0 unspecified atom stereocenters. The van der Waals surface area contributed by atoms with Crippen LogP contribution in [0, 0.1) is 5.92 Å². The molecule has 1 aliphatic heterocycles. The maximum absolute atomic E-state index is 13.2. The van der Waals surface area contributed by atoms with Gasteiger partial charge in [-0.25, -0.2) is 0 Å². The summed E-state index contributed by atoms with van der Waals surface area (Å²) in [5.41, 5.74) is -0.111. The number of likely N-dealkylation sites (tertiary alicyclic amines) is 1. The number of amides is 2.